The molecule has 1 saturated carbocycles. The molecule has 1 rings (SSSR count). The van der Waals surface area contributed by atoms with E-state index in [9.17, 15) is 44.0 Å². The lowest BCUT2D eigenvalue weighted by Crippen LogP contribution is -2.64. The summed E-state index contributed by atoms with van der Waals surface area (Å²) < 4.78 is 48.3. The van der Waals surface area contributed by atoms with Crippen LogP contribution in [0.4, 0.5) is 0 Å². The molecule has 300 valence electrons. The van der Waals surface area contributed by atoms with E-state index >= 15 is 0 Å². The van der Waals surface area contributed by atoms with E-state index in [4.69, 9.17) is 34.7 Å². The minimum atomic E-state index is -5.38. The van der Waals surface area contributed by atoms with E-state index in [1.807, 2.05) is 5.92 Å². The van der Waals surface area contributed by atoms with Crippen LogP contribution in [0.5, 0.6) is 0 Å². The van der Waals surface area contributed by atoms with Gasteiger partial charge in [0.25, 0.3) is 0 Å². The van der Waals surface area contributed by atoms with Crippen molar-refractivity contribution >= 4 is 27.6 Å². The number of terminal acetylenes is 1. The van der Waals surface area contributed by atoms with E-state index < -0.39 is 83.5 Å². The summed E-state index contributed by atoms with van der Waals surface area (Å²) in [5, 5.41) is 40.8. The number of unbranched alkanes of at least 4 members (excludes halogenated alkanes) is 12. The Morgan fingerprint density at radius 1 is 0.648 bits per heavy atom. The van der Waals surface area contributed by atoms with Crippen LogP contribution in [0, 0.1) is 59.7 Å². The first-order valence-electron chi connectivity index (χ1n) is 17.6. The lowest BCUT2D eigenvalue weighted by molar-refractivity contribution is -0.216. The average molecular weight is 801 g/mol. The van der Waals surface area contributed by atoms with Gasteiger partial charge in [-0.15, -0.1) is 6.42 Å². The third kappa shape index (κ3) is 22.2. The van der Waals surface area contributed by atoms with Crippen LogP contribution in [-0.4, -0.2) is 103 Å². The van der Waals surface area contributed by atoms with Gasteiger partial charge in [0.05, 0.1) is 6.61 Å². The van der Waals surface area contributed by atoms with Crippen molar-refractivity contribution in [2.45, 2.75) is 140 Å². The number of ether oxygens (including phenoxy) is 2. The number of rotatable bonds is 24. The van der Waals surface area contributed by atoms with E-state index in [0.717, 1.165) is 32.1 Å². The molecule has 0 amide bonds. The molecule has 0 spiro atoms. The van der Waals surface area contributed by atoms with E-state index in [1.54, 1.807) is 0 Å². The van der Waals surface area contributed by atoms with E-state index in [-0.39, 0.29) is 6.42 Å². The van der Waals surface area contributed by atoms with E-state index in [2.05, 4.69) is 58.8 Å². The Balaban J connectivity index is 2.79. The van der Waals surface area contributed by atoms with Gasteiger partial charge in [0.2, 0.25) is 0 Å². The highest BCUT2D eigenvalue weighted by molar-refractivity contribution is 7.47. The molecule has 0 bridgehead atoms. The molecular weight excluding hydrogens is 750 g/mol. The van der Waals surface area contributed by atoms with Gasteiger partial charge in [-0.2, -0.15) is 0 Å². The Hall–Kier alpha value is -3.20. The number of phosphoric acid groups is 2. The predicted molar refractivity (Wildman–Crippen MR) is 193 cm³/mol. The van der Waals surface area contributed by atoms with Gasteiger partial charge in [0.15, 0.2) is 6.10 Å². The molecule has 1 aliphatic rings. The first-order chi connectivity index (χ1) is 25.6. The maximum absolute atomic E-state index is 12.8. The van der Waals surface area contributed by atoms with Crippen molar-refractivity contribution in [3.05, 3.63) is 0 Å². The maximum Gasteiger partial charge on any atom is 0.472 e. The lowest BCUT2D eigenvalue weighted by atomic mass is 9.85. The molecule has 0 aromatic heterocycles. The number of hydrogen-bond acceptors (Lipinski definition) is 13. The third-order valence-corrected chi connectivity index (χ3v) is 9.28. The fourth-order valence-electron chi connectivity index (χ4n) is 5.08. The quantitative estimate of drug-likeness (QED) is 0.0242. The first kappa shape index (κ1) is 48.8. The van der Waals surface area contributed by atoms with Crippen molar-refractivity contribution < 1.29 is 76.9 Å². The number of carbonyl (C=O) groups is 2. The van der Waals surface area contributed by atoms with Crippen LogP contribution < -0.4 is 0 Å². The van der Waals surface area contributed by atoms with Crippen molar-refractivity contribution in [1.29, 1.82) is 0 Å². The molecule has 8 atom stereocenters. The summed E-state index contributed by atoms with van der Waals surface area (Å²) in [6, 6.07) is 0. The van der Waals surface area contributed by atoms with Crippen LogP contribution in [0.1, 0.15) is 96.8 Å². The highest BCUT2D eigenvalue weighted by Gasteiger charge is 2.54. The Morgan fingerprint density at radius 2 is 1.13 bits per heavy atom. The number of aliphatic hydroxyl groups is 4. The normalized spacial score (nSPS) is 22.1. The number of carbonyl (C=O) groups excluding carboxylic acids is 2. The van der Waals surface area contributed by atoms with Crippen LogP contribution in [0.3, 0.4) is 0 Å². The molecule has 0 aromatic rings. The molecule has 54 heavy (non-hydrogen) atoms. The van der Waals surface area contributed by atoms with Crippen molar-refractivity contribution in [3.8, 4) is 59.7 Å². The third-order valence-electron chi connectivity index (χ3n) is 7.78. The van der Waals surface area contributed by atoms with Crippen molar-refractivity contribution in [1.82, 2.24) is 0 Å². The molecule has 0 heterocycles. The lowest BCUT2D eigenvalue weighted by Gasteiger charge is -2.43. The maximum atomic E-state index is 12.8. The molecule has 0 aromatic carbocycles. The summed E-state index contributed by atoms with van der Waals surface area (Å²) in [5.41, 5.74) is 0. The van der Waals surface area contributed by atoms with Gasteiger partial charge in [-0.3, -0.25) is 18.4 Å². The zero-order valence-electron chi connectivity index (χ0n) is 30.1. The van der Waals surface area contributed by atoms with Gasteiger partial charge in [0.1, 0.15) is 43.2 Å². The monoisotopic (exact) mass is 800 g/mol. The van der Waals surface area contributed by atoms with E-state index in [0.29, 0.717) is 6.42 Å². The zero-order valence-corrected chi connectivity index (χ0v) is 31.9. The molecule has 16 nitrogen and oxygen atoms in total. The summed E-state index contributed by atoms with van der Waals surface area (Å²) in [4.78, 5) is 53.3. The summed E-state index contributed by atoms with van der Waals surface area (Å²) in [7, 11) is -10.7. The van der Waals surface area contributed by atoms with Crippen LogP contribution in [0.25, 0.3) is 0 Å². The minimum Gasteiger partial charge on any atom is -0.456 e. The molecule has 5 unspecified atom stereocenters. The second-order valence-corrected chi connectivity index (χ2v) is 14.8. The summed E-state index contributed by atoms with van der Waals surface area (Å²) in [6.45, 7) is 0.531. The van der Waals surface area contributed by atoms with Crippen molar-refractivity contribution in [3.63, 3.8) is 0 Å². The fourth-order valence-corrected chi connectivity index (χ4v) is 6.62. The molecule has 0 aliphatic heterocycles. The SMILES string of the molecule is C#CC#CC#CC#CC#CC(=O)OC[C@H](COP(=O)(O)OC1C(O)C(OP(=O)(O)O)[C@H](O)C(O)[C@@H]1O)OC(=O)CCCCCCCCCCCCCCC. The van der Waals surface area contributed by atoms with Gasteiger partial charge < -0.3 is 44.6 Å². The smallest absolute Gasteiger partial charge is 0.456 e. The largest absolute Gasteiger partial charge is 0.472 e. The predicted octanol–water partition coefficient (Wildman–Crippen LogP) is 2.01. The first-order valence-corrected chi connectivity index (χ1v) is 20.6. The highest BCUT2D eigenvalue weighted by atomic mass is 31.2. The van der Waals surface area contributed by atoms with Crippen molar-refractivity contribution in [2.75, 3.05) is 13.2 Å². The van der Waals surface area contributed by atoms with Crippen LogP contribution in [-0.2, 0) is 41.8 Å². The van der Waals surface area contributed by atoms with E-state index in [1.165, 1.54) is 44.9 Å². The standard InChI is InChI=1S/C36H50O16P2/c1-3-5-7-9-11-13-14-15-16-17-19-21-23-25-30(38)50-28(26-48-29(37)24-22-20-18-12-10-8-6-4-2)27-49-54(46,47)52-36-33(41)31(39)32(40)35(34(36)42)51-53(43,44)45/h2,28,31-36,39-42H,3,5,7,9,11,13-17,19,21,23,25-27H2,1H3,(H,46,47)(H2,43,44,45)/t28-,31?,32-,33+,34?,35?,36?/m1/s1. The van der Waals surface area contributed by atoms with Gasteiger partial charge in [-0.1, -0.05) is 84.0 Å². The molecular formula is C36H50O16P2. The van der Waals surface area contributed by atoms with Crippen LogP contribution in [0.15, 0.2) is 0 Å². The van der Waals surface area contributed by atoms with Gasteiger partial charge in [-0.05, 0) is 53.8 Å². The second kappa shape index (κ2) is 27.4. The van der Waals surface area contributed by atoms with Crippen LogP contribution >= 0.6 is 15.6 Å². The molecule has 7 N–H and O–H groups in total. The average Bonchev–Trinajstić information content (AvgIpc) is 3.11. The van der Waals surface area contributed by atoms with Gasteiger partial charge in [-0.25, -0.2) is 13.9 Å². The minimum absolute atomic E-state index is 0.0285. The fraction of sp³-hybridized carbons (Fsp3) is 0.667. The van der Waals surface area contributed by atoms with Crippen LogP contribution in [0.2, 0.25) is 0 Å². The Labute approximate surface area is 316 Å². The molecule has 0 saturated heterocycles. The Morgan fingerprint density at radius 3 is 1.65 bits per heavy atom. The number of aliphatic hydroxyl groups excluding tert-OH is 4. The topological polar surface area (TPSA) is 256 Å². The molecule has 0 radical (unpaired) electrons. The number of esters is 2. The summed E-state index contributed by atoms with van der Waals surface area (Å²) in [5.74, 6) is 18.2. The summed E-state index contributed by atoms with van der Waals surface area (Å²) >= 11 is 0. The zero-order chi connectivity index (χ0) is 40.4. The number of hydrogen-bond donors (Lipinski definition) is 7. The van der Waals surface area contributed by atoms with Gasteiger partial charge in [0, 0.05) is 12.3 Å². The number of phosphoric ester groups is 2. The van der Waals surface area contributed by atoms with Gasteiger partial charge >= 0.3 is 27.6 Å². The summed E-state index contributed by atoms with van der Waals surface area (Å²) in [6.07, 6.45) is 3.94. The molecule has 1 fully saturated rings. The Bertz CT molecular complexity index is 1560. The second-order valence-electron chi connectivity index (χ2n) is 12.2. The molecule has 18 heteroatoms. The highest BCUT2D eigenvalue weighted by Crippen LogP contribution is 2.49. The Kier molecular flexibility index (Phi) is 24.8. The van der Waals surface area contributed by atoms with Crippen molar-refractivity contribution in [2.24, 2.45) is 0 Å². The molecule has 1 aliphatic carbocycles.